The standard InChI is InChI=1S/C17H14FN3O3S/c1-12-5-4-6-14(9-12)25(22,23)21-13-10-19-17(20-11-13)24-16-8-3-2-7-15(16)18/h2-11,21H,1H3. The van der Waals surface area contributed by atoms with E-state index in [1.54, 1.807) is 31.2 Å². The second kappa shape index (κ2) is 6.86. The number of para-hydroxylation sites is 1. The van der Waals surface area contributed by atoms with Crippen LogP contribution in [0.3, 0.4) is 0 Å². The van der Waals surface area contributed by atoms with Gasteiger partial charge in [0.25, 0.3) is 10.0 Å². The zero-order valence-electron chi connectivity index (χ0n) is 13.2. The van der Waals surface area contributed by atoms with E-state index in [0.717, 1.165) is 5.56 Å². The fourth-order valence-electron chi connectivity index (χ4n) is 2.04. The van der Waals surface area contributed by atoms with Gasteiger partial charge in [0, 0.05) is 0 Å². The third-order valence-corrected chi connectivity index (χ3v) is 4.60. The molecule has 0 spiro atoms. The third kappa shape index (κ3) is 4.10. The van der Waals surface area contributed by atoms with Gasteiger partial charge in [-0.1, -0.05) is 24.3 Å². The van der Waals surface area contributed by atoms with Gasteiger partial charge >= 0.3 is 6.01 Å². The molecule has 0 radical (unpaired) electrons. The van der Waals surface area contributed by atoms with E-state index in [0.29, 0.717) is 0 Å². The van der Waals surface area contributed by atoms with Crippen molar-refractivity contribution in [3.8, 4) is 11.8 Å². The van der Waals surface area contributed by atoms with Crippen molar-refractivity contribution >= 4 is 15.7 Å². The molecular formula is C17H14FN3O3S. The number of aryl methyl sites for hydroxylation is 1. The van der Waals surface area contributed by atoms with Crippen molar-refractivity contribution in [2.24, 2.45) is 0 Å². The second-order valence-corrected chi connectivity index (χ2v) is 6.89. The highest BCUT2D eigenvalue weighted by Crippen LogP contribution is 2.22. The summed E-state index contributed by atoms with van der Waals surface area (Å²) >= 11 is 0. The molecule has 0 aliphatic heterocycles. The number of benzene rings is 2. The van der Waals surface area contributed by atoms with Gasteiger partial charge in [-0.15, -0.1) is 0 Å². The van der Waals surface area contributed by atoms with Gasteiger partial charge in [-0.25, -0.2) is 22.8 Å². The number of sulfonamides is 1. The molecule has 0 aliphatic carbocycles. The van der Waals surface area contributed by atoms with Crippen LogP contribution in [0.25, 0.3) is 0 Å². The summed E-state index contributed by atoms with van der Waals surface area (Å²) in [6, 6.07) is 12.2. The topological polar surface area (TPSA) is 81.2 Å². The fraction of sp³-hybridized carbons (Fsp3) is 0.0588. The van der Waals surface area contributed by atoms with E-state index in [2.05, 4.69) is 14.7 Å². The molecule has 25 heavy (non-hydrogen) atoms. The summed E-state index contributed by atoms with van der Waals surface area (Å²) in [5.74, 6) is -0.564. The van der Waals surface area contributed by atoms with Crippen LogP contribution in [-0.2, 0) is 10.0 Å². The number of hydrogen-bond donors (Lipinski definition) is 1. The lowest BCUT2D eigenvalue weighted by molar-refractivity contribution is 0.411. The number of ether oxygens (including phenoxy) is 1. The summed E-state index contributed by atoms with van der Waals surface area (Å²) in [5, 5.41) is 0. The Balaban J connectivity index is 1.75. The van der Waals surface area contributed by atoms with Gasteiger partial charge in [-0.2, -0.15) is 0 Å². The monoisotopic (exact) mass is 359 g/mol. The van der Waals surface area contributed by atoms with E-state index < -0.39 is 15.8 Å². The molecule has 0 atom stereocenters. The molecule has 0 unspecified atom stereocenters. The number of nitrogens with zero attached hydrogens (tertiary/aromatic N) is 2. The highest BCUT2D eigenvalue weighted by Gasteiger charge is 2.15. The molecule has 0 aliphatic rings. The molecule has 6 nitrogen and oxygen atoms in total. The van der Waals surface area contributed by atoms with Crippen molar-refractivity contribution in [1.29, 1.82) is 0 Å². The predicted octanol–water partition coefficient (Wildman–Crippen LogP) is 3.52. The molecule has 1 heterocycles. The number of anilines is 1. The second-order valence-electron chi connectivity index (χ2n) is 5.21. The Morgan fingerprint density at radius 3 is 2.44 bits per heavy atom. The predicted molar refractivity (Wildman–Crippen MR) is 90.5 cm³/mol. The Morgan fingerprint density at radius 2 is 1.76 bits per heavy atom. The van der Waals surface area contributed by atoms with Gasteiger partial charge in [-0.05, 0) is 36.8 Å². The Kier molecular flexibility index (Phi) is 4.62. The van der Waals surface area contributed by atoms with Gasteiger partial charge in [0.15, 0.2) is 11.6 Å². The average molecular weight is 359 g/mol. The van der Waals surface area contributed by atoms with Crippen LogP contribution in [0.4, 0.5) is 10.1 Å². The summed E-state index contributed by atoms with van der Waals surface area (Å²) in [7, 11) is -3.75. The van der Waals surface area contributed by atoms with Crippen LogP contribution in [0.2, 0.25) is 0 Å². The third-order valence-electron chi connectivity index (χ3n) is 3.22. The van der Waals surface area contributed by atoms with Crippen LogP contribution in [0.15, 0.2) is 65.8 Å². The van der Waals surface area contributed by atoms with E-state index in [1.165, 1.54) is 36.7 Å². The molecule has 0 bridgehead atoms. The first-order valence-electron chi connectivity index (χ1n) is 7.28. The van der Waals surface area contributed by atoms with Crippen LogP contribution in [0.5, 0.6) is 11.8 Å². The minimum absolute atomic E-state index is 0.0180. The summed E-state index contributed by atoms with van der Waals surface area (Å²) in [6.45, 7) is 1.80. The Morgan fingerprint density at radius 1 is 1.04 bits per heavy atom. The maximum absolute atomic E-state index is 13.5. The highest BCUT2D eigenvalue weighted by molar-refractivity contribution is 7.92. The van der Waals surface area contributed by atoms with E-state index in [-0.39, 0.29) is 22.3 Å². The van der Waals surface area contributed by atoms with E-state index in [9.17, 15) is 12.8 Å². The number of halogens is 1. The molecule has 0 saturated heterocycles. The molecule has 128 valence electrons. The number of aromatic nitrogens is 2. The molecule has 0 saturated carbocycles. The van der Waals surface area contributed by atoms with Crippen LogP contribution in [-0.4, -0.2) is 18.4 Å². The normalized spacial score (nSPS) is 11.1. The summed E-state index contributed by atoms with van der Waals surface area (Å²) in [4.78, 5) is 7.91. The Bertz CT molecular complexity index is 992. The van der Waals surface area contributed by atoms with Crippen molar-refractivity contribution in [2.75, 3.05) is 4.72 Å². The zero-order chi connectivity index (χ0) is 17.9. The quantitative estimate of drug-likeness (QED) is 0.754. The lowest BCUT2D eigenvalue weighted by atomic mass is 10.2. The fourth-order valence-corrected chi connectivity index (χ4v) is 3.18. The minimum Gasteiger partial charge on any atom is -0.421 e. The number of hydrogen-bond acceptors (Lipinski definition) is 5. The molecule has 3 aromatic rings. The van der Waals surface area contributed by atoms with Crippen molar-refractivity contribution < 1.29 is 17.5 Å². The number of rotatable bonds is 5. The van der Waals surface area contributed by atoms with Crippen LogP contribution < -0.4 is 9.46 Å². The lowest BCUT2D eigenvalue weighted by Crippen LogP contribution is -2.13. The van der Waals surface area contributed by atoms with Gasteiger partial charge in [0.05, 0.1) is 23.0 Å². The van der Waals surface area contributed by atoms with E-state index >= 15 is 0 Å². The first-order chi connectivity index (χ1) is 11.9. The SMILES string of the molecule is Cc1cccc(S(=O)(=O)Nc2cnc(Oc3ccccc3F)nc2)c1. The molecule has 1 N–H and O–H groups in total. The maximum atomic E-state index is 13.5. The van der Waals surface area contributed by atoms with Gasteiger partial charge in [0.2, 0.25) is 0 Å². The maximum Gasteiger partial charge on any atom is 0.322 e. The van der Waals surface area contributed by atoms with E-state index in [1.807, 2.05) is 0 Å². The summed E-state index contributed by atoms with van der Waals surface area (Å²) in [5.41, 5.74) is 0.996. The van der Waals surface area contributed by atoms with Gasteiger partial charge < -0.3 is 4.74 Å². The van der Waals surface area contributed by atoms with Crippen LogP contribution in [0.1, 0.15) is 5.56 Å². The van der Waals surface area contributed by atoms with Crippen molar-refractivity contribution in [3.63, 3.8) is 0 Å². The number of nitrogens with one attached hydrogen (secondary N) is 1. The molecule has 3 rings (SSSR count). The first kappa shape index (κ1) is 16.8. The Hall–Kier alpha value is -3.00. The molecule has 1 aromatic heterocycles. The van der Waals surface area contributed by atoms with Crippen LogP contribution >= 0.6 is 0 Å². The highest BCUT2D eigenvalue weighted by atomic mass is 32.2. The smallest absolute Gasteiger partial charge is 0.322 e. The zero-order valence-corrected chi connectivity index (χ0v) is 14.0. The van der Waals surface area contributed by atoms with Gasteiger partial charge in [-0.3, -0.25) is 4.72 Å². The van der Waals surface area contributed by atoms with Crippen LogP contribution in [0, 0.1) is 12.7 Å². The molecule has 2 aromatic carbocycles. The minimum atomic E-state index is -3.75. The van der Waals surface area contributed by atoms with Gasteiger partial charge in [0.1, 0.15) is 0 Å². The van der Waals surface area contributed by atoms with Crippen molar-refractivity contribution in [2.45, 2.75) is 11.8 Å². The van der Waals surface area contributed by atoms with Crippen molar-refractivity contribution in [3.05, 3.63) is 72.3 Å². The summed E-state index contributed by atoms with van der Waals surface area (Å²) < 4.78 is 45.8. The molecule has 0 amide bonds. The Labute approximate surface area is 144 Å². The summed E-state index contributed by atoms with van der Waals surface area (Å²) in [6.07, 6.45) is 2.49. The lowest BCUT2D eigenvalue weighted by Gasteiger charge is -2.09. The van der Waals surface area contributed by atoms with Crippen molar-refractivity contribution in [1.82, 2.24) is 9.97 Å². The largest absolute Gasteiger partial charge is 0.421 e. The first-order valence-corrected chi connectivity index (χ1v) is 8.76. The van der Waals surface area contributed by atoms with E-state index in [4.69, 9.17) is 4.74 Å². The molecular weight excluding hydrogens is 345 g/mol. The average Bonchev–Trinajstić information content (AvgIpc) is 2.58. The molecule has 0 fully saturated rings. The molecule has 8 heteroatoms.